The number of hydrogen-bond acceptors (Lipinski definition) is 3. The van der Waals surface area contributed by atoms with Crippen LogP contribution >= 0.6 is 11.6 Å². The van der Waals surface area contributed by atoms with Crippen molar-refractivity contribution in [1.29, 1.82) is 0 Å². The molecule has 0 unspecified atom stereocenters. The number of aromatic nitrogens is 2. The van der Waals surface area contributed by atoms with Crippen molar-refractivity contribution in [3.05, 3.63) is 47.2 Å². The van der Waals surface area contributed by atoms with Crippen molar-refractivity contribution >= 4 is 17.4 Å². The fourth-order valence-electron chi connectivity index (χ4n) is 1.28. The SMILES string of the molecule is N/C(=N\O)c1ccc(-n2cc(Cl)cn2)cc1. The molecule has 0 aliphatic heterocycles. The zero-order chi connectivity index (χ0) is 11.5. The molecule has 1 heterocycles. The number of nitrogens with two attached hydrogens (primary N) is 1. The van der Waals surface area contributed by atoms with Crippen molar-refractivity contribution in [2.45, 2.75) is 0 Å². The van der Waals surface area contributed by atoms with E-state index in [-0.39, 0.29) is 5.84 Å². The van der Waals surface area contributed by atoms with Gasteiger partial charge in [0, 0.05) is 11.8 Å². The summed E-state index contributed by atoms with van der Waals surface area (Å²) in [6, 6.07) is 7.08. The number of rotatable bonds is 2. The molecule has 6 heteroatoms. The van der Waals surface area contributed by atoms with Crippen LogP contribution in [0.2, 0.25) is 5.02 Å². The van der Waals surface area contributed by atoms with Crippen LogP contribution in [0.1, 0.15) is 5.56 Å². The molecule has 0 fully saturated rings. The van der Waals surface area contributed by atoms with Crippen LogP contribution in [-0.2, 0) is 0 Å². The highest BCUT2D eigenvalue weighted by atomic mass is 35.5. The van der Waals surface area contributed by atoms with Gasteiger partial charge in [-0.15, -0.1) is 0 Å². The molecular weight excluding hydrogens is 228 g/mol. The first-order valence-electron chi connectivity index (χ1n) is 4.49. The molecule has 2 aromatic rings. The number of oxime groups is 1. The third kappa shape index (κ3) is 1.99. The van der Waals surface area contributed by atoms with Crippen molar-refractivity contribution in [3.8, 4) is 5.69 Å². The van der Waals surface area contributed by atoms with Gasteiger partial charge in [-0.25, -0.2) is 4.68 Å². The fourth-order valence-corrected chi connectivity index (χ4v) is 1.42. The van der Waals surface area contributed by atoms with Gasteiger partial charge in [0.2, 0.25) is 0 Å². The van der Waals surface area contributed by atoms with Gasteiger partial charge in [-0.3, -0.25) is 0 Å². The van der Waals surface area contributed by atoms with Gasteiger partial charge in [0.25, 0.3) is 0 Å². The lowest BCUT2D eigenvalue weighted by Gasteiger charge is -2.02. The molecule has 0 amide bonds. The smallest absolute Gasteiger partial charge is 0.170 e. The first kappa shape index (κ1) is 10.5. The van der Waals surface area contributed by atoms with Gasteiger partial charge >= 0.3 is 0 Å². The van der Waals surface area contributed by atoms with Crippen molar-refractivity contribution in [3.63, 3.8) is 0 Å². The summed E-state index contributed by atoms with van der Waals surface area (Å²) in [5.74, 6) is 0.0741. The van der Waals surface area contributed by atoms with Crippen molar-refractivity contribution in [2.75, 3.05) is 0 Å². The van der Waals surface area contributed by atoms with E-state index in [2.05, 4.69) is 10.3 Å². The quantitative estimate of drug-likeness (QED) is 0.360. The first-order chi connectivity index (χ1) is 7.70. The van der Waals surface area contributed by atoms with Crippen molar-refractivity contribution in [2.24, 2.45) is 10.9 Å². The Labute approximate surface area is 96.7 Å². The molecule has 0 aliphatic carbocycles. The molecule has 0 radical (unpaired) electrons. The van der Waals surface area contributed by atoms with E-state index in [0.717, 1.165) is 5.69 Å². The Kier molecular flexibility index (Phi) is 2.78. The molecular formula is C10H9ClN4O. The molecule has 1 aromatic carbocycles. The third-order valence-corrected chi connectivity index (χ3v) is 2.28. The molecule has 2 rings (SSSR count). The topological polar surface area (TPSA) is 76.4 Å². The maximum Gasteiger partial charge on any atom is 0.170 e. The summed E-state index contributed by atoms with van der Waals surface area (Å²) < 4.78 is 1.64. The lowest BCUT2D eigenvalue weighted by Crippen LogP contribution is -2.12. The van der Waals surface area contributed by atoms with Gasteiger partial charge in [-0.2, -0.15) is 5.10 Å². The molecule has 0 bridgehead atoms. The van der Waals surface area contributed by atoms with Crippen LogP contribution < -0.4 is 5.73 Å². The number of amidine groups is 1. The molecule has 5 nitrogen and oxygen atoms in total. The molecule has 0 saturated heterocycles. The summed E-state index contributed by atoms with van der Waals surface area (Å²) in [5, 5.41) is 16.0. The largest absolute Gasteiger partial charge is 0.409 e. The van der Waals surface area contributed by atoms with E-state index in [4.69, 9.17) is 22.5 Å². The van der Waals surface area contributed by atoms with Crippen LogP contribution in [0.3, 0.4) is 0 Å². The monoisotopic (exact) mass is 236 g/mol. The lowest BCUT2D eigenvalue weighted by atomic mass is 10.2. The van der Waals surface area contributed by atoms with Gasteiger partial charge < -0.3 is 10.9 Å². The summed E-state index contributed by atoms with van der Waals surface area (Å²) >= 11 is 5.76. The lowest BCUT2D eigenvalue weighted by molar-refractivity contribution is 0.318. The van der Waals surface area contributed by atoms with Crippen LogP contribution in [0.5, 0.6) is 0 Å². The number of benzene rings is 1. The first-order valence-corrected chi connectivity index (χ1v) is 4.87. The van der Waals surface area contributed by atoms with Crippen molar-refractivity contribution < 1.29 is 5.21 Å². The highest BCUT2D eigenvalue weighted by molar-refractivity contribution is 6.30. The number of halogens is 1. The zero-order valence-electron chi connectivity index (χ0n) is 8.21. The van der Waals surface area contributed by atoms with Gasteiger partial charge in [0.1, 0.15) is 0 Å². The van der Waals surface area contributed by atoms with E-state index in [1.807, 2.05) is 0 Å². The third-order valence-electron chi connectivity index (χ3n) is 2.09. The Hall–Kier alpha value is -2.01. The minimum atomic E-state index is 0.0741. The number of hydrogen-bond donors (Lipinski definition) is 2. The van der Waals surface area contributed by atoms with Gasteiger partial charge in [0.05, 0.1) is 16.9 Å². The van der Waals surface area contributed by atoms with E-state index in [0.29, 0.717) is 10.6 Å². The van der Waals surface area contributed by atoms with Gasteiger partial charge in [-0.1, -0.05) is 16.8 Å². The van der Waals surface area contributed by atoms with E-state index in [9.17, 15) is 0 Å². The molecule has 0 spiro atoms. The van der Waals surface area contributed by atoms with Crippen LogP contribution in [0, 0.1) is 0 Å². The Morgan fingerprint density at radius 1 is 1.38 bits per heavy atom. The summed E-state index contributed by atoms with van der Waals surface area (Å²) in [4.78, 5) is 0. The van der Waals surface area contributed by atoms with Crippen LogP contribution in [-0.4, -0.2) is 20.8 Å². The summed E-state index contributed by atoms with van der Waals surface area (Å²) in [7, 11) is 0. The molecule has 16 heavy (non-hydrogen) atoms. The second-order valence-corrected chi connectivity index (χ2v) is 3.57. The average Bonchev–Trinajstić information content (AvgIpc) is 2.75. The molecule has 0 saturated carbocycles. The Balaban J connectivity index is 2.33. The van der Waals surface area contributed by atoms with E-state index >= 15 is 0 Å². The highest BCUT2D eigenvalue weighted by Gasteiger charge is 2.01. The summed E-state index contributed by atoms with van der Waals surface area (Å²) in [6.45, 7) is 0. The van der Waals surface area contributed by atoms with Crippen LogP contribution in [0.15, 0.2) is 41.8 Å². The maximum absolute atomic E-state index is 8.51. The number of nitrogens with zero attached hydrogens (tertiary/aromatic N) is 3. The predicted octanol–water partition coefficient (Wildman–Crippen LogP) is 1.62. The average molecular weight is 237 g/mol. The van der Waals surface area contributed by atoms with Gasteiger partial charge in [-0.05, 0) is 24.3 Å². The minimum absolute atomic E-state index is 0.0741. The predicted molar refractivity (Wildman–Crippen MR) is 61.1 cm³/mol. The second-order valence-electron chi connectivity index (χ2n) is 3.14. The van der Waals surface area contributed by atoms with E-state index in [1.165, 1.54) is 0 Å². The zero-order valence-corrected chi connectivity index (χ0v) is 8.96. The highest BCUT2D eigenvalue weighted by Crippen LogP contribution is 2.12. The van der Waals surface area contributed by atoms with E-state index in [1.54, 1.807) is 41.3 Å². The Morgan fingerprint density at radius 3 is 2.56 bits per heavy atom. The second kappa shape index (κ2) is 4.24. The molecule has 0 atom stereocenters. The summed E-state index contributed by atoms with van der Waals surface area (Å²) in [6.07, 6.45) is 3.25. The fraction of sp³-hybridized carbons (Fsp3) is 0. The Bertz CT molecular complexity index is 518. The minimum Gasteiger partial charge on any atom is -0.409 e. The molecule has 0 aliphatic rings. The standard InChI is InChI=1S/C10H9ClN4O/c11-8-5-13-15(6-8)9-3-1-7(2-4-9)10(12)14-16/h1-6,16H,(H2,12,14). The van der Waals surface area contributed by atoms with Crippen LogP contribution in [0.4, 0.5) is 0 Å². The molecule has 1 aromatic heterocycles. The maximum atomic E-state index is 8.51. The van der Waals surface area contributed by atoms with Gasteiger partial charge in [0.15, 0.2) is 5.84 Å². The van der Waals surface area contributed by atoms with E-state index < -0.39 is 0 Å². The molecule has 3 N–H and O–H groups in total. The van der Waals surface area contributed by atoms with Crippen molar-refractivity contribution in [1.82, 2.24) is 9.78 Å². The molecule has 82 valence electrons. The summed E-state index contributed by atoms with van der Waals surface area (Å²) in [5.41, 5.74) is 6.94. The Morgan fingerprint density at radius 2 is 2.06 bits per heavy atom. The van der Waals surface area contributed by atoms with Crippen LogP contribution in [0.25, 0.3) is 5.69 Å². The normalized spacial score (nSPS) is 11.7.